The van der Waals surface area contributed by atoms with Gasteiger partial charge in [-0.15, -0.1) is 0 Å². The molecule has 0 heterocycles. The zero-order valence-electron chi connectivity index (χ0n) is 14.0. The highest BCUT2D eigenvalue weighted by atomic mass is 32.2. The molecule has 1 aromatic rings. The summed E-state index contributed by atoms with van der Waals surface area (Å²) in [5.74, 6) is 2.22. The van der Waals surface area contributed by atoms with E-state index in [0.29, 0.717) is 25.5 Å². The first-order chi connectivity index (χ1) is 10.9. The van der Waals surface area contributed by atoms with Gasteiger partial charge in [-0.2, -0.15) is 0 Å². The zero-order valence-corrected chi connectivity index (χ0v) is 14.9. The summed E-state index contributed by atoms with van der Waals surface area (Å²) in [4.78, 5) is 4.11. The van der Waals surface area contributed by atoms with Crippen LogP contribution in [0.15, 0.2) is 23.2 Å². The number of ether oxygens (including phenoxy) is 2. The second kappa shape index (κ2) is 9.24. The van der Waals surface area contributed by atoms with Crippen molar-refractivity contribution < 1.29 is 17.9 Å². The van der Waals surface area contributed by atoms with Gasteiger partial charge in [0.2, 0.25) is 0 Å². The molecule has 1 rings (SSSR count). The van der Waals surface area contributed by atoms with Crippen LogP contribution in [0, 0.1) is 0 Å². The van der Waals surface area contributed by atoms with E-state index in [0.717, 1.165) is 17.1 Å². The molecule has 2 N–H and O–H groups in total. The van der Waals surface area contributed by atoms with Gasteiger partial charge in [0.25, 0.3) is 0 Å². The highest BCUT2D eigenvalue weighted by molar-refractivity contribution is 7.90. The van der Waals surface area contributed by atoms with Gasteiger partial charge in [0, 0.05) is 38.0 Å². The van der Waals surface area contributed by atoms with Crippen LogP contribution in [-0.2, 0) is 16.4 Å². The van der Waals surface area contributed by atoms with E-state index in [2.05, 4.69) is 15.6 Å². The Balaban J connectivity index is 2.51. The number of nitrogens with one attached hydrogen (secondary N) is 2. The summed E-state index contributed by atoms with van der Waals surface area (Å²) in [5.41, 5.74) is 0.965. The van der Waals surface area contributed by atoms with E-state index < -0.39 is 9.84 Å². The third-order valence-electron chi connectivity index (χ3n) is 3.15. The molecule has 0 atom stereocenters. The van der Waals surface area contributed by atoms with Gasteiger partial charge in [-0.25, -0.2) is 8.42 Å². The summed E-state index contributed by atoms with van der Waals surface area (Å²) in [6.07, 6.45) is 1.77. The molecule has 0 fully saturated rings. The number of hydrogen-bond donors (Lipinski definition) is 2. The number of sulfone groups is 1. The van der Waals surface area contributed by atoms with Gasteiger partial charge in [0.05, 0.1) is 20.0 Å². The van der Waals surface area contributed by atoms with Crippen molar-refractivity contribution in [3.8, 4) is 11.5 Å². The predicted molar refractivity (Wildman–Crippen MR) is 92.1 cm³/mol. The molecule has 0 spiro atoms. The van der Waals surface area contributed by atoms with Crippen LogP contribution in [-0.4, -0.2) is 54.2 Å². The molecular formula is C15H25N3O4S. The van der Waals surface area contributed by atoms with Gasteiger partial charge in [-0.3, -0.25) is 4.99 Å². The molecule has 0 radical (unpaired) electrons. The lowest BCUT2D eigenvalue weighted by Gasteiger charge is -2.14. The number of nitrogens with zero attached hydrogens (tertiary/aromatic N) is 1. The first kappa shape index (κ1) is 19.1. The third-order valence-corrected chi connectivity index (χ3v) is 4.18. The van der Waals surface area contributed by atoms with Crippen LogP contribution in [0.4, 0.5) is 0 Å². The van der Waals surface area contributed by atoms with Crippen LogP contribution in [0.2, 0.25) is 0 Å². The van der Waals surface area contributed by atoms with E-state index in [1.54, 1.807) is 21.3 Å². The molecule has 0 saturated heterocycles. The molecule has 0 amide bonds. The number of methoxy groups -OCH3 is 2. The molecular weight excluding hydrogens is 318 g/mol. The van der Waals surface area contributed by atoms with Crippen molar-refractivity contribution >= 4 is 15.8 Å². The summed E-state index contributed by atoms with van der Waals surface area (Å²) in [7, 11) is 1.95. The Labute approximate surface area is 138 Å². The summed E-state index contributed by atoms with van der Waals surface area (Å²) in [5, 5.41) is 6.25. The van der Waals surface area contributed by atoms with Crippen LogP contribution in [0.3, 0.4) is 0 Å². The lowest BCUT2D eigenvalue weighted by Crippen LogP contribution is -2.37. The van der Waals surface area contributed by atoms with Crippen LogP contribution < -0.4 is 20.1 Å². The Bertz CT molecular complexity index is 630. The summed E-state index contributed by atoms with van der Waals surface area (Å²) in [6.45, 7) is 1.06. The minimum atomic E-state index is -2.93. The highest BCUT2D eigenvalue weighted by Crippen LogP contribution is 2.24. The molecule has 130 valence electrons. The first-order valence-electron chi connectivity index (χ1n) is 7.22. The van der Waals surface area contributed by atoms with E-state index in [4.69, 9.17) is 9.47 Å². The molecule has 0 aliphatic rings. The van der Waals surface area contributed by atoms with Gasteiger partial charge < -0.3 is 20.1 Å². The molecule has 0 aromatic heterocycles. The lowest BCUT2D eigenvalue weighted by atomic mass is 10.2. The van der Waals surface area contributed by atoms with Crippen molar-refractivity contribution in [2.45, 2.75) is 13.0 Å². The number of hydrogen-bond acceptors (Lipinski definition) is 5. The van der Waals surface area contributed by atoms with E-state index in [1.807, 2.05) is 18.2 Å². The van der Waals surface area contributed by atoms with Crippen LogP contribution in [0.5, 0.6) is 11.5 Å². The van der Waals surface area contributed by atoms with Gasteiger partial charge >= 0.3 is 0 Å². The van der Waals surface area contributed by atoms with Crippen LogP contribution in [0.25, 0.3) is 0 Å². The molecule has 0 aliphatic heterocycles. The average Bonchev–Trinajstić information content (AvgIpc) is 2.53. The average molecular weight is 343 g/mol. The first-order valence-corrected chi connectivity index (χ1v) is 9.29. The van der Waals surface area contributed by atoms with E-state index in [9.17, 15) is 8.42 Å². The maximum atomic E-state index is 11.1. The fourth-order valence-electron chi connectivity index (χ4n) is 1.94. The Morgan fingerprint density at radius 1 is 1.22 bits per heavy atom. The number of rotatable bonds is 8. The van der Waals surface area contributed by atoms with E-state index >= 15 is 0 Å². The normalized spacial score (nSPS) is 11.9. The fourth-order valence-corrected chi connectivity index (χ4v) is 2.61. The summed E-state index contributed by atoms with van der Waals surface area (Å²) in [6, 6.07) is 5.60. The number of guanidine groups is 1. The Morgan fingerprint density at radius 3 is 2.52 bits per heavy atom. The fraction of sp³-hybridized carbons (Fsp3) is 0.533. The van der Waals surface area contributed by atoms with Crippen LogP contribution in [0.1, 0.15) is 12.0 Å². The van der Waals surface area contributed by atoms with Crippen molar-refractivity contribution in [2.24, 2.45) is 4.99 Å². The Hall–Kier alpha value is -1.96. The van der Waals surface area contributed by atoms with Crippen molar-refractivity contribution in [3.05, 3.63) is 23.8 Å². The van der Waals surface area contributed by atoms with Crippen molar-refractivity contribution in [2.75, 3.05) is 39.8 Å². The number of aliphatic imine (C=N–C) groups is 1. The summed E-state index contributed by atoms with van der Waals surface area (Å²) < 4.78 is 32.7. The topological polar surface area (TPSA) is 89.0 Å². The third kappa shape index (κ3) is 7.23. The Morgan fingerprint density at radius 2 is 1.96 bits per heavy atom. The maximum Gasteiger partial charge on any atom is 0.191 e. The molecule has 23 heavy (non-hydrogen) atoms. The quantitative estimate of drug-likeness (QED) is 0.412. The largest absolute Gasteiger partial charge is 0.497 e. The molecule has 0 bridgehead atoms. The van der Waals surface area contributed by atoms with Crippen molar-refractivity contribution in [3.63, 3.8) is 0 Å². The van der Waals surface area contributed by atoms with Gasteiger partial charge in [0.15, 0.2) is 5.96 Å². The SMILES string of the molecule is CN=C(NCCCS(C)(=O)=O)NCc1ccc(OC)cc1OC. The molecule has 0 unspecified atom stereocenters. The summed E-state index contributed by atoms with van der Waals surface area (Å²) >= 11 is 0. The second-order valence-electron chi connectivity index (χ2n) is 5.01. The molecule has 7 nitrogen and oxygen atoms in total. The minimum Gasteiger partial charge on any atom is -0.497 e. The monoisotopic (exact) mass is 343 g/mol. The maximum absolute atomic E-state index is 11.1. The zero-order chi connectivity index (χ0) is 17.3. The van der Waals surface area contributed by atoms with Gasteiger partial charge in [-0.1, -0.05) is 0 Å². The van der Waals surface area contributed by atoms with Crippen LogP contribution >= 0.6 is 0 Å². The number of benzene rings is 1. The van der Waals surface area contributed by atoms with E-state index in [1.165, 1.54) is 6.26 Å². The minimum absolute atomic E-state index is 0.156. The predicted octanol–water partition coefficient (Wildman–Crippen LogP) is 0.804. The standard InChI is InChI=1S/C15H25N3O4S/c1-16-15(17-8-5-9-23(4,19)20)18-11-12-6-7-13(21-2)10-14(12)22-3/h6-7,10H,5,8-9,11H2,1-4H3,(H2,16,17,18). The van der Waals surface area contributed by atoms with Crippen molar-refractivity contribution in [1.82, 2.24) is 10.6 Å². The molecule has 0 aliphatic carbocycles. The Kier molecular flexibility index (Phi) is 7.67. The molecule has 0 saturated carbocycles. The van der Waals surface area contributed by atoms with Crippen molar-refractivity contribution in [1.29, 1.82) is 0 Å². The van der Waals surface area contributed by atoms with E-state index in [-0.39, 0.29) is 5.75 Å². The lowest BCUT2D eigenvalue weighted by molar-refractivity contribution is 0.390. The smallest absolute Gasteiger partial charge is 0.191 e. The van der Waals surface area contributed by atoms with Gasteiger partial charge in [0.1, 0.15) is 21.3 Å². The molecule has 1 aromatic carbocycles. The highest BCUT2D eigenvalue weighted by Gasteiger charge is 2.06. The van der Waals surface area contributed by atoms with Gasteiger partial charge in [-0.05, 0) is 18.6 Å². The molecule has 8 heteroatoms. The second-order valence-corrected chi connectivity index (χ2v) is 7.27.